The van der Waals surface area contributed by atoms with Gasteiger partial charge in [-0.1, -0.05) is 64.1 Å². The van der Waals surface area contributed by atoms with E-state index in [4.69, 9.17) is 0 Å². The number of nitrogens with one attached hydrogen (secondary N) is 1. The van der Waals surface area contributed by atoms with Crippen LogP contribution in [0.3, 0.4) is 0 Å². The van der Waals surface area contributed by atoms with Gasteiger partial charge in [-0.2, -0.15) is 0 Å². The summed E-state index contributed by atoms with van der Waals surface area (Å²) in [5, 5.41) is 3.41. The Labute approximate surface area is 112 Å². The molecule has 0 unspecified atom stereocenters. The quantitative estimate of drug-likeness (QED) is 0.558. The van der Waals surface area contributed by atoms with Gasteiger partial charge in [0.2, 0.25) is 0 Å². The molecular weight excluding hydrogens is 218 g/mol. The van der Waals surface area contributed by atoms with Crippen molar-refractivity contribution in [3.05, 3.63) is 47.5 Å². The maximum absolute atomic E-state index is 3.41. The lowest BCUT2D eigenvalue weighted by Gasteiger charge is -2.06. The van der Waals surface area contributed by atoms with Gasteiger partial charge in [-0.15, -0.1) is 0 Å². The van der Waals surface area contributed by atoms with E-state index in [1.165, 1.54) is 11.1 Å². The Morgan fingerprint density at radius 2 is 1.67 bits per heavy atom. The summed E-state index contributed by atoms with van der Waals surface area (Å²) in [4.78, 5) is 0. The molecule has 0 bridgehead atoms. The predicted octanol–water partition coefficient (Wildman–Crippen LogP) is 4.30. The fraction of sp³-hybridized carbons (Fsp3) is 0.529. The summed E-state index contributed by atoms with van der Waals surface area (Å²) in [5.74, 6) is 0.622. The van der Waals surface area contributed by atoms with Gasteiger partial charge in [0.05, 0.1) is 0 Å². The number of benzene rings is 1. The molecule has 0 atom stereocenters. The smallest absolute Gasteiger partial charge is 0.00105 e. The molecule has 0 saturated heterocycles. The van der Waals surface area contributed by atoms with Crippen molar-refractivity contribution in [1.82, 2.24) is 5.32 Å². The molecule has 0 aliphatic carbocycles. The zero-order valence-electron chi connectivity index (χ0n) is 12.2. The van der Waals surface area contributed by atoms with Crippen LogP contribution >= 0.6 is 0 Å². The van der Waals surface area contributed by atoms with E-state index < -0.39 is 0 Å². The Morgan fingerprint density at radius 1 is 1.00 bits per heavy atom. The molecule has 0 aliphatic heterocycles. The van der Waals surface area contributed by atoms with Gasteiger partial charge in [-0.05, 0) is 36.4 Å². The predicted molar refractivity (Wildman–Crippen MR) is 81.1 cm³/mol. The second-order valence-corrected chi connectivity index (χ2v) is 5.47. The van der Waals surface area contributed by atoms with Crippen molar-refractivity contribution in [1.29, 1.82) is 0 Å². The lowest BCUT2D eigenvalue weighted by Crippen LogP contribution is -2.23. The van der Waals surface area contributed by atoms with Crippen LogP contribution in [0.15, 0.2) is 36.4 Å². The first kappa shape index (κ1) is 15.0. The summed E-state index contributed by atoms with van der Waals surface area (Å²) in [6.45, 7) is 9.90. The Morgan fingerprint density at radius 3 is 2.22 bits per heavy atom. The van der Waals surface area contributed by atoms with Gasteiger partial charge in [0.25, 0.3) is 0 Å². The average molecular weight is 245 g/mol. The molecule has 1 N–H and O–H groups in total. The molecule has 0 aliphatic rings. The van der Waals surface area contributed by atoms with E-state index in [2.05, 4.69) is 69.4 Å². The zero-order valence-corrected chi connectivity index (χ0v) is 12.2. The fourth-order valence-electron chi connectivity index (χ4n) is 1.83. The van der Waals surface area contributed by atoms with E-state index in [9.17, 15) is 0 Å². The molecule has 1 rings (SSSR count). The van der Waals surface area contributed by atoms with E-state index in [-0.39, 0.29) is 0 Å². The van der Waals surface area contributed by atoms with Crippen molar-refractivity contribution >= 4 is 0 Å². The van der Waals surface area contributed by atoms with Crippen molar-refractivity contribution in [2.24, 2.45) is 0 Å². The number of hydrogen-bond donors (Lipinski definition) is 1. The largest absolute Gasteiger partial charge is 0.314 e. The second-order valence-electron chi connectivity index (χ2n) is 5.47. The highest BCUT2D eigenvalue weighted by Crippen LogP contribution is 2.15. The molecule has 1 aromatic rings. The number of rotatable bonds is 7. The first-order chi connectivity index (χ1) is 8.59. The molecule has 1 aromatic carbocycles. The normalized spacial score (nSPS) is 11.9. The van der Waals surface area contributed by atoms with E-state index >= 15 is 0 Å². The third-order valence-corrected chi connectivity index (χ3v) is 3.03. The van der Waals surface area contributed by atoms with E-state index in [0.29, 0.717) is 12.0 Å². The molecule has 0 spiro atoms. The molecule has 18 heavy (non-hydrogen) atoms. The third kappa shape index (κ3) is 6.02. The summed E-state index contributed by atoms with van der Waals surface area (Å²) < 4.78 is 0. The molecule has 0 amide bonds. The minimum atomic E-state index is 0.585. The molecule has 100 valence electrons. The van der Waals surface area contributed by atoms with Crippen LogP contribution in [-0.2, 0) is 6.42 Å². The minimum Gasteiger partial charge on any atom is -0.314 e. The van der Waals surface area contributed by atoms with Crippen LogP contribution < -0.4 is 5.32 Å². The van der Waals surface area contributed by atoms with Crippen molar-refractivity contribution in [2.75, 3.05) is 6.54 Å². The van der Waals surface area contributed by atoms with Gasteiger partial charge in [-0.3, -0.25) is 0 Å². The van der Waals surface area contributed by atoms with Gasteiger partial charge in [0.1, 0.15) is 0 Å². The van der Waals surface area contributed by atoms with Crippen molar-refractivity contribution in [2.45, 2.75) is 52.5 Å². The van der Waals surface area contributed by atoms with Gasteiger partial charge >= 0.3 is 0 Å². The van der Waals surface area contributed by atoms with Crippen LogP contribution in [-0.4, -0.2) is 12.6 Å². The highest BCUT2D eigenvalue weighted by molar-refractivity contribution is 5.25. The lowest BCUT2D eigenvalue weighted by molar-refractivity contribution is 0.594. The molecule has 0 heterocycles. The minimum absolute atomic E-state index is 0.585. The third-order valence-electron chi connectivity index (χ3n) is 3.03. The number of allylic oxidation sites excluding steroid dienone is 1. The van der Waals surface area contributed by atoms with Crippen LogP contribution in [0.4, 0.5) is 0 Å². The molecule has 1 nitrogen and oxygen atoms in total. The van der Waals surface area contributed by atoms with Crippen LogP contribution in [0.1, 0.15) is 51.2 Å². The highest BCUT2D eigenvalue weighted by atomic mass is 14.9. The van der Waals surface area contributed by atoms with E-state index in [1.807, 2.05) is 0 Å². The van der Waals surface area contributed by atoms with Crippen LogP contribution in [0.2, 0.25) is 0 Å². The Balaban J connectivity index is 2.28. The first-order valence-electron chi connectivity index (χ1n) is 7.07. The molecule has 0 aromatic heterocycles. The maximum Gasteiger partial charge on any atom is 0.00105 e. The summed E-state index contributed by atoms with van der Waals surface area (Å²) in [5.41, 5.74) is 2.82. The van der Waals surface area contributed by atoms with Crippen molar-refractivity contribution < 1.29 is 0 Å². The topological polar surface area (TPSA) is 12.0 Å². The standard InChI is InChI=1S/C17H27N/c1-14(2)17-11-9-16(10-12-17)8-6-5-7-13-18-15(3)4/h5-6,9-12,14-15,18H,7-8,13H2,1-4H3. The Kier molecular flexibility index (Phi) is 6.74. The molecule has 0 radical (unpaired) electrons. The van der Waals surface area contributed by atoms with Gasteiger partial charge < -0.3 is 5.32 Å². The van der Waals surface area contributed by atoms with Crippen molar-refractivity contribution in [3.63, 3.8) is 0 Å². The Bertz CT molecular complexity index is 346. The zero-order chi connectivity index (χ0) is 13.4. The highest BCUT2D eigenvalue weighted by Gasteiger charge is 1.97. The summed E-state index contributed by atoms with van der Waals surface area (Å²) >= 11 is 0. The lowest BCUT2D eigenvalue weighted by atomic mass is 10.0. The van der Waals surface area contributed by atoms with Gasteiger partial charge in [0.15, 0.2) is 0 Å². The van der Waals surface area contributed by atoms with Crippen molar-refractivity contribution in [3.8, 4) is 0 Å². The van der Waals surface area contributed by atoms with Gasteiger partial charge in [0, 0.05) is 6.04 Å². The second kappa shape index (κ2) is 8.10. The van der Waals surface area contributed by atoms with Crippen LogP contribution in [0.5, 0.6) is 0 Å². The van der Waals surface area contributed by atoms with Crippen LogP contribution in [0, 0.1) is 0 Å². The van der Waals surface area contributed by atoms with E-state index in [0.717, 1.165) is 19.4 Å². The monoisotopic (exact) mass is 245 g/mol. The summed E-state index contributed by atoms with van der Waals surface area (Å²) in [6.07, 6.45) is 6.69. The molecule has 0 fully saturated rings. The molecule has 0 saturated carbocycles. The maximum atomic E-state index is 3.41. The first-order valence-corrected chi connectivity index (χ1v) is 7.07. The fourth-order valence-corrected chi connectivity index (χ4v) is 1.83. The average Bonchev–Trinajstić information content (AvgIpc) is 2.34. The summed E-state index contributed by atoms with van der Waals surface area (Å²) in [7, 11) is 0. The van der Waals surface area contributed by atoms with Gasteiger partial charge in [-0.25, -0.2) is 0 Å². The Hall–Kier alpha value is -1.08. The SMILES string of the molecule is CC(C)NCCC=CCc1ccc(C(C)C)cc1. The molecular formula is C17H27N. The molecule has 1 heteroatoms. The number of hydrogen-bond acceptors (Lipinski definition) is 1. The van der Waals surface area contributed by atoms with Crippen LogP contribution in [0.25, 0.3) is 0 Å². The summed E-state index contributed by atoms with van der Waals surface area (Å²) in [6, 6.07) is 9.56. The van der Waals surface area contributed by atoms with E-state index in [1.54, 1.807) is 0 Å².